The average Bonchev–Trinajstić information content (AvgIpc) is 2.84. The Labute approximate surface area is 203 Å². The number of carbonyl (C=O) groups is 1. The fraction of sp³-hybridized carbons (Fsp3) is 0.379. The number of pyridine rings is 1. The Morgan fingerprint density at radius 3 is 2.35 bits per heavy atom. The Hall–Kier alpha value is -3.18. The van der Waals surface area contributed by atoms with Gasteiger partial charge >= 0.3 is 0 Å². The molecule has 34 heavy (non-hydrogen) atoms. The molecule has 2 aromatic carbocycles. The lowest BCUT2D eigenvalue weighted by Gasteiger charge is -2.38. The van der Waals surface area contributed by atoms with Crippen molar-refractivity contribution in [3.63, 3.8) is 0 Å². The van der Waals surface area contributed by atoms with Crippen LogP contribution in [-0.2, 0) is 11.2 Å². The Morgan fingerprint density at radius 2 is 1.71 bits per heavy atom. The van der Waals surface area contributed by atoms with E-state index in [1.165, 1.54) is 24.0 Å². The highest BCUT2D eigenvalue weighted by molar-refractivity contribution is 5.94. The lowest BCUT2D eigenvalue weighted by Crippen LogP contribution is -2.37. The minimum Gasteiger partial charge on any atom is -0.370 e. The van der Waals surface area contributed by atoms with Gasteiger partial charge in [-0.3, -0.25) is 4.79 Å². The monoisotopic (exact) mass is 456 g/mol. The van der Waals surface area contributed by atoms with E-state index in [-0.39, 0.29) is 5.91 Å². The van der Waals surface area contributed by atoms with Crippen molar-refractivity contribution in [2.45, 2.75) is 46.1 Å². The third kappa shape index (κ3) is 6.45. The molecule has 1 aliphatic rings. The quantitative estimate of drug-likeness (QED) is 0.468. The Morgan fingerprint density at radius 1 is 1.00 bits per heavy atom. The summed E-state index contributed by atoms with van der Waals surface area (Å²) in [5, 5.41) is 6.45. The molecule has 1 saturated heterocycles. The van der Waals surface area contributed by atoms with E-state index >= 15 is 0 Å². The number of benzene rings is 2. The lowest BCUT2D eigenvalue weighted by atomic mass is 9.82. The number of carbonyl (C=O) groups excluding carboxylic acids is 1. The van der Waals surface area contributed by atoms with E-state index in [1.807, 2.05) is 42.6 Å². The molecular formula is C29H36N4O. The average molecular weight is 457 g/mol. The lowest BCUT2D eigenvalue weighted by molar-refractivity contribution is -0.118. The molecule has 0 bridgehead atoms. The van der Waals surface area contributed by atoms with Gasteiger partial charge in [-0.05, 0) is 54.9 Å². The topological polar surface area (TPSA) is 57.3 Å². The molecule has 4 rings (SSSR count). The zero-order valence-corrected chi connectivity index (χ0v) is 20.6. The summed E-state index contributed by atoms with van der Waals surface area (Å²) in [5.41, 5.74) is 4.97. The first-order chi connectivity index (χ1) is 16.4. The highest BCUT2D eigenvalue weighted by Gasteiger charge is 2.26. The van der Waals surface area contributed by atoms with Crippen LogP contribution in [0.2, 0.25) is 0 Å². The largest absolute Gasteiger partial charge is 0.370 e. The van der Waals surface area contributed by atoms with E-state index in [0.29, 0.717) is 17.8 Å². The molecule has 0 saturated carbocycles. The second-order valence-corrected chi connectivity index (χ2v) is 10.1. The number of rotatable bonds is 8. The second-order valence-electron chi connectivity index (χ2n) is 10.1. The normalized spacial score (nSPS) is 16.1. The van der Waals surface area contributed by atoms with Crippen LogP contribution in [0.5, 0.6) is 0 Å². The van der Waals surface area contributed by atoms with Crippen LogP contribution < -0.4 is 15.5 Å². The van der Waals surface area contributed by atoms with Gasteiger partial charge in [0.15, 0.2) is 0 Å². The van der Waals surface area contributed by atoms with Crippen LogP contribution in [0.4, 0.5) is 11.5 Å². The van der Waals surface area contributed by atoms with Gasteiger partial charge in [0.05, 0.1) is 11.9 Å². The Balaban J connectivity index is 1.38. The van der Waals surface area contributed by atoms with Gasteiger partial charge in [0.25, 0.3) is 0 Å². The predicted octanol–water partition coefficient (Wildman–Crippen LogP) is 5.53. The molecule has 2 heterocycles. The van der Waals surface area contributed by atoms with Crippen molar-refractivity contribution < 1.29 is 4.79 Å². The van der Waals surface area contributed by atoms with Crippen LogP contribution in [0.25, 0.3) is 0 Å². The van der Waals surface area contributed by atoms with Gasteiger partial charge in [-0.25, -0.2) is 4.98 Å². The Bertz CT molecular complexity index is 1050. The SMILES string of the molecule is Cc1ccc(CCN[C@@H](C(=O)Nc2ccc(N3CCC(C)(C)CC3)cn2)c2ccccc2)cc1. The molecule has 3 aromatic rings. The summed E-state index contributed by atoms with van der Waals surface area (Å²) in [6.07, 6.45) is 5.09. The molecule has 0 unspecified atom stereocenters. The highest BCUT2D eigenvalue weighted by Crippen LogP contribution is 2.32. The third-order valence-corrected chi connectivity index (χ3v) is 6.76. The summed E-state index contributed by atoms with van der Waals surface area (Å²) in [4.78, 5) is 20.2. The Kier molecular flexibility index (Phi) is 7.63. The summed E-state index contributed by atoms with van der Waals surface area (Å²) in [6, 6.07) is 21.9. The van der Waals surface area contributed by atoms with Gasteiger partial charge in [-0.15, -0.1) is 0 Å². The van der Waals surface area contributed by atoms with Crippen molar-refractivity contribution >= 4 is 17.4 Å². The first-order valence-electron chi connectivity index (χ1n) is 12.3. The van der Waals surface area contributed by atoms with E-state index in [1.54, 1.807) is 0 Å². The number of amides is 1. The maximum Gasteiger partial charge on any atom is 0.247 e. The molecule has 1 atom stereocenters. The molecule has 0 radical (unpaired) electrons. The molecule has 1 aliphatic heterocycles. The standard InChI is InChI=1S/C29H36N4O/c1-22-9-11-23(12-10-22)15-18-30-27(24-7-5-4-6-8-24)28(34)32-26-14-13-25(21-31-26)33-19-16-29(2,3)17-20-33/h4-14,21,27,30H,15-20H2,1-3H3,(H,31,32,34)/t27-/m1/s1. The van der Waals surface area contributed by atoms with Crippen LogP contribution in [0.1, 0.15) is 49.4 Å². The fourth-order valence-corrected chi connectivity index (χ4v) is 4.34. The molecule has 5 heteroatoms. The van der Waals surface area contributed by atoms with Crippen LogP contribution in [0.3, 0.4) is 0 Å². The summed E-state index contributed by atoms with van der Waals surface area (Å²) in [7, 11) is 0. The van der Waals surface area contributed by atoms with Crippen LogP contribution in [0.15, 0.2) is 72.9 Å². The molecule has 1 aromatic heterocycles. The minimum absolute atomic E-state index is 0.102. The van der Waals surface area contributed by atoms with Gasteiger partial charge in [0.1, 0.15) is 11.9 Å². The summed E-state index contributed by atoms with van der Waals surface area (Å²) < 4.78 is 0. The van der Waals surface area contributed by atoms with E-state index in [9.17, 15) is 4.79 Å². The molecule has 0 spiro atoms. The number of hydrogen-bond donors (Lipinski definition) is 2. The number of piperidine rings is 1. The number of nitrogens with zero attached hydrogens (tertiary/aromatic N) is 2. The van der Waals surface area contributed by atoms with Crippen molar-refractivity contribution in [2.75, 3.05) is 29.9 Å². The molecule has 2 N–H and O–H groups in total. The van der Waals surface area contributed by atoms with Crippen LogP contribution >= 0.6 is 0 Å². The predicted molar refractivity (Wildman–Crippen MR) is 140 cm³/mol. The molecule has 0 aliphatic carbocycles. The van der Waals surface area contributed by atoms with Crippen molar-refractivity contribution in [3.05, 3.63) is 89.6 Å². The maximum atomic E-state index is 13.2. The van der Waals surface area contributed by atoms with E-state index < -0.39 is 6.04 Å². The van der Waals surface area contributed by atoms with Gasteiger partial charge < -0.3 is 15.5 Å². The number of aryl methyl sites for hydroxylation is 1. The second kappa shape index (κ2) is 10.8. The van der Waals surface area contributed by atoms with Crippen molar-refractivity contribution in [2.24, 2.45) is 5.41 Å². The smallest absolute Gasteiger partial charge is 0.247 e. The van der Waals surface area contributed by atoms with Gasteiger partial charge in [-0.1, -0.05) is 74.0 Å². The van der Waals surface area contributed by atoms with Crippen molar-refractivity contribution in [1.82, 2.24) is 10.3 Å². The van der Waals surface area contributed by atoms with Crippen LogP contribution in [0, 0.1) is 12.3 Å². The maximum absolute atomic E-state index is 13.2. The molecule has 178 valence electrons. The number of nitrogens with one attached hydrogen (secondary N) is 2. The summed E-state index contributed by atoms with van der Waals surface area (Å²) in [5.74, 6) is 0.474. The van der Waals surface area contributed by atoms with Gasteiger partial charge in [0.2, 0.25) is 5.91 Å². The number of aromatic nitrogens is 1. The third-order valence-electron chi connectivity index (χ3n) is 6.76. The van der Waals surface area contributed by atoms with E-state index in [4.69, 9.17) is 0 Å². The summed E-state index contributed by atoms with van der Waals surface area (Å²) in [6.45, 7) is 9.54. The first kappa shape index (κ1) is 24.0. The van der Waals surface area contributed by atoms with Gasteiger partial charge in [0, 0.05) is 19.6 Å². The van der Waals surface area contributed by atoms with Crippen LogP contribution in [-0.4, -0.2) is 30.5 Å². The zero-order valence-electron chi connectivity index (χ0n) is 20.6. The minimum atomic E-state index is -0.447. The van der Waals surface area contributed by atoms with E-state index in [2.05, 4.69) is 71.6 Å². The first-order valence-corrected chi connectivity index (χ1v) is 12.3. The van der Waals surface area contributed by atoms with Crippen molar-refractivity contribution in [1.29, 1.82) is 0 Å². The summed E-state index contributed by atoms with van der Waals surface area (Å²) >= 11 is 0. The molecular weight excluding hydrogens is 420 g/mol. The highest BCUT2D eigenvalue weighted by atomic mass is 16.2. The molecule has 1 fully saturated rings. The number of hydrogen-bond acceptors (Lipinski definition) is 4. The molecule has 5 nitrogen and oxygen atoms in total. The zero-order chi connectivity index (χ0) is 24.0. The van der Waals surface area contributed by atoms with E-state index in [0.717, 1.165) is 30.8 Å². The fourth-order valence-electron chi connectivity index (χ4n) is 4.34. The number of anilines is 2. The van der Waals surface area contributed by atoms with Gasteiger partial charge in [-0.2, -0.15) is 0 Å². The van der Waals surface area contributed by atoms with Crippen molar-refractivity contribution in [3.8, 4) is 0 Å². The molecule has 1 amide bonds.